The fraction of sp³-hybridized carbons (Fsp3) is 0.438. The summed E-state index contributed by atoms with van der Waals surface area (Å²) in [5, 5.41) is 10.1. The number of para-hydroxylation sites is 1. The van der Waals surface area contributed by atoms with Crippen LogP contribution in [0.4, 0.5) is 5.69 Å². The number of benzene rings is 1. The molecule has 98 valence electrons. The average Bonchev–Trinajstić information content (AvgIpc) is 2.90. The average molecular weight is 254 g/mol. The fourth-order valence-electron chi connectivity index (χ4n) is 3.03. The lowest BCUT2D eigenvalue weighted by atomic mass is 9.86. The van der Waals surface area contributed by atoms with Crippen molar-refractivity contribution in [2.75, 3.05) is 11.9 Å². The van der Waals surface area contributed by atoms with Gasteiger partial charge in [-0.1, -0.05) is 12.1 Å². The molecule has 0 saturated heterocycles. The van der Waals surface area contributed by atoms with Gasteiger partial charge < -0.3 is 9.32 Å². The summed E-state index contributed by atoms with van der Waals surface area (Å²) in [5.74, 6) is 0.255. The van der Waals surface area contributed by atoms with Crippen LogP contribution in [0.1, 0.15) is 25.7 Å². The molecule has 1 aliphatic rings. The molecule has 1 aromatic carbocycles. The summed E-state index contributed by atoms with van der Waals surface area (Å²) >= 11 is 0. The lowest BCUT2D eigenvalue weighted by Gasteiger charge is -2.33. The lowest BCUT2D eigenvalue weighted by molar-refractivity contribution is 0.372. The Morgan fingerprint density at radius 2 is 1.95 bits per heavy atom. The van der Waals surface area contributed by atoms with Gasteiger partial charge in [-0.3, -0.25) is 0 Å². The van der Waals surface area contributed by atoms with Crippen LogP contribution < -0.4 is 4.90 Å². The van der Waals surface area contributed by atoms with Crippen LogP contribution in [0, 0.1) is 17.2 Å². The van der Waals surface area contributed by atoms with Crippen molar-refractivity contribution in [3.8, 4) is 6.07 Å². The van der Waals surface area contributed by atoms with Gasteiger partial charge in [-0.2, -0.15) is 5.26 Å². The molecule has 1 fully saturated rings. The highest BCUT2D eigenvalue weighted by Gasteiger charge is 2.25. The van der Waals surface area contributed by atoms with Gasteiger partial charge in [0.05, 0.1) is 11.8 Å². The van der Waals surface area contributed by atoms with Crippen LogP contribution in [0.2, 0.25) is 0 Å². The molecule has 1 aromatic heterocycles. The normalized spacial score (nSPS) is 23.2. The molecule has 1 heterocycles. The molecule has 1 saturated carbocycles. The van der Waals surface area contributed by atoms with Crippen molar-refractivity contribution in [1.29, 1.82) is 5.26 Å². The molecule has 3 nitrogen and oxygen atoms in total. The summed E-state index contributed by atoms with van der Waals surface area (Å²) in [6.07, 6.45) is 6.06. The van der Waals surface area contributed by atoms with E-state index in [-0.39, 0.29) is 5.92 Å². The number of fused-ring (bicyclic) bond motifs is 1. The third-order valence-corrected chi connectivity index (χ3v) is 4.27. The molecule has 1 aliphatic carbocycles. The Labute approximate surface area is 113 Å². The highest BCUT2D eigenvalue weighted by Crippen LogP contribution is 2.34. The quantitative estimate of drug-likeness (QED) is 0.814. The first-order valence-electron chi connectivity index (χ1n) is 6.88. The van der Waals surface area contributed by atoms with Gasteiger partial charge in [0, 0.05) is 24.4 Å². The SMILES string of the molecule is CN(c1coc2ccccc12)C1CCC(C#N)CC1. The largest absolute Gasteiger partial charge is 0.462 e. The summed E-state index contributed by atoms with van der Waals surface area (Å²) in [5.41, 5.74) is 2.10. The van der Waals surface area contributed by atoms with Crippen molar-refractivity contribution in [3.05, 3.63) is 30.5 Å². The van der Waals surface area contributed by atoms with Gasteiger partial charge in [0.1, 0.15) is 11.8 Å². The number of nitriles is 1. The van der Waals surface area contributed by atoms with E-state index in [0.717, 1.165) is 37.0 Å². The van der Waals surface area contributed by atoms with Gasteiger partial charge in [0.25, 0.3) is 0 Å². The predicted octanol–water partition coefficient (Wildman–Crippen LogP) is 3.95. The number of rotatable bonds is 2. The van der Waals surface area contributed by atoms with Crippen molar-refractivity contribution in [2.45, 2.75) is 31.7 Å². The van der Waals surface area contributed by atoms with Gasteiger partial charge in [-0.15, -0.1) is 0 Å². The maximum absolute atomic E-state index is 8.96. The maximum Gasteiger partial charge on any atom is 0.136 e. The number of hydrogen-bond donors (Lipinski definition) is 0. The van der Waals surface area contributed by atoms with Gasteiger partial charge in [0.15, 0.2) is 0 Å². The van der Waals surface area contributed by atoms with E-state index >= 15 is 0 Å². The summed E-state index contributed by atoms with van der Waals surface area (Å²) in [4.78, 5) is 2.32. The van der Waals surface area contributed by atoms with Gasteiger partial charge in [0.2, 0.25) is 0 Å². The van der Waals surface area contributed by atoms with E-state index in [0.29, 0.717) is 6.04 Å². The van der Waals surface area contributed by atoms with Crippen LogP contribution in [0.15, 0.2) is 34.9 Å². The zero-order chi connectivity index (χ0) is 13.2. The minimum absolute atomic E-state index is 0.255. The Kier molecular flexibility index (Phi) is 3.16. The number of nitrogens with zero attached hydrogens (tertiary/aromatic N) is 2. The molecule has 0 aliphatic heterocycles. The molecular weight excluding hydrogens is 236 g/mol. The molecule has 2 aromatic rings. The first-order valence-corrected chi connectivity index (χ1v) is 6.88. The van der Waals surface area contributed by atoms with Crippen molar-refractivity contribution in [3.63, 3.8) is 0 Å². The zero-order valence-electron chi connectivity index (χ0n) is 11.2. The number of anilines is 1. The van der Waals surface area contributed by atoms with E-state index in [1.165, 1.54) is 5.39 Å². The van der Waals surface area contributed by atoms with Gasteiger partial charge in [-0.05, 0) is 37.8 Å². The van der Waals surface area contributed by atoms with Crippen LogP contribution in [-0.2, 0) is 0 Å². The van der Waals surface area contributed by atoms with Crippen molar-refractivity contribution in [1.82, 2.24) is 0 Å². The second kappa shape index (κ2) is 4.97. The summed E-state index contributed by atoms with van der Waals surface area (Å²) in [6, 6.07) is 11.0. The highest BCUT2D eigenvalue weighted by molar-refractivity contribution is 5.90. The van der Waals surface area contributed by atoms with E-state index in [2.05, 4.69) is 24.1 Å². The second-order valence-corrected chi connectivity index (χ2v) is 5.36. The molecule has 0 N–H and O–H groups in total. The molecule has 3 rings (SSSR count). The van der Waals surface area contributed by atoms with Crippen LogP contribution in [-0.4, -0.2) is 13.1 Å². The van der Waals surface area contributed by atoms with Gasteiger partial charge in [-0.25, -0.2) is 0 Å². The Bertz CT molecular complexity index is 602. The highest BCUT2D eigenvalue weighted by atomic mass is 16.3. The summed E-state index contributed by atoms with van der Waals surface area (Å²) in [6.45, 7) is 0. The van der Waals surface area contributed by atoms with Crippen LogP contribution >= 0.6 is 0 Å². The van der Waals surface area contributed by atoms with Crippen LogP contribution in [0.5, 0.6) is 0 Å². The number of hydrogen-bond acceptors (Lipinski definition) is 3. The lowest BCUT2D eigenvalue weighted by Crippen LogP contribution is -2.34. The minimum Gasteiger partial charge on any atom is -0.462 e. The molecule has 19 heavy (non-hydrogen) atoms. The molecule has 0 unspecified atom stereocenters. The summed E-state index contributed by atoms with van der Waals surface area (Å²) in [7, 11) is 2.13. The monoisotopic (exact) mass is 254 g/mol. The van der Waals surface area contributed by atoms with E-state index in [1.807, 2.05) is 24.5 Å². The van der Waals surface area contributed by atoms with Crippen molar-refractivity contribution < 1.29 is 4.42 Å². The third-order valence-electron chi connectivity index (χ3n) is 4.27. The predicted molar refractivity (Wildman–Crippen MR) is 76.0 cm³/mol. The molecule has 0 spiro atoms. The molecule has 0 radical (unpaired) electrons. The molecule has 0 amide bonds. The van der Waals surface area contributed by atoms with Crippen molar-refractivity contribution in [2.24, 2.45) is 5.92 Å². The molecular formula is C16H18N2O. The topological polar surface area (TPSA) is 40.2 Å². The van der Waals surface area contributed by atoms with E-state index in [1.54, 1.807) is 0 Å². The first kappa shape index (κ1) is 12.1. The Hall–Kier alpha value is -1.95. The fourth-order valence-corrected chi connectivity index (χ4v) is 3.03. The number of furan rings is 1. The van der Waals surface area contributed by atoms with Crippen LogP contribution in [0.3, 0.4) is 0 Å². The molecule has 3 heteroatoms. The third kappa shape index (κ3) is 2.19. The van der Waals surface area contributed by atoms with E-state index in [9.17, 15) is 0 Å². The Morgan fingerprint density at radius 1 is 1.21 bits per heavy atom. The van der Waals surface area contributed by atoms with Gasteiger partial charge >= 0.3 is 0 Å². The molecule has 0 atom stereocenters. The van der Waals surface area contributed by atoms with Crippen molar-refractivity contribution >= 4 is 16.7 Å². The second-order valence-electron chi connectivity index (χ2n) is 5.36. The smallest absolute Gasteiger partial charge is 0.136 e. The van der Waals surface area contributed by atoms with E-state index < -0.39 is 0 Å². The maximum atomic E-state index is 8.96. The van der Waals surface area contributed by atoms with Crippen LogP contribution in [0.25, 0.3) is 11.0 Å². The first-order chi connectivity index (χ1) is 9.29. The summed E-state index contributed by atoms with van der Waals surface area (Å²) < 4.78 is 5.61. The standard InChI is InChI=1S/C16H18N2O/c1-18(13-8-6-12(10-17)7-9-13)15-11-19-16-5-3-2-4-14(15)16/h2-5,11-13H,6-9H2,1H3. The molecule has 0 bridgehead atoms. The minimum atomic E-state index is 0.255. The van der Waals surface area contributed by atoms with E-state index in [4.69, 9.17) is 9.68 Å². The zero-order valence-corrected chi connectivity index (χ0v) is 11.2. The Balaban J connectivity index is 1.81. The Morgan fingerprint density at radius 3 is 2.68 bits per heavy atom.